The lowest BCUT2D eigenvalue weighted by Crippen LogP contribution is -2.34. The fraction of sp³-hybridized carbons (Fsp3) is 0.692. The molecule has 104 valence electrons. The molecule has 2 aliphatic carbocycles. The van der Waals surface area contributed by atoms with Gasteiger partial charge < -0.3 is 10.2 Å². The average Bonchev–Trinajstić information content (AvgIpc) is 2.83. The Balaban J connectivity index is 2.04. The lowest BCUT2D eigenvalue weighted by molar-refractivity contribution is 0.0495. The number of hydrogen-bond donors (Lipinski definition) is 3. The third kappa shape index (κ3) is 1.44. The second-order valence-corrected chi connectivity index (χ2v) is 5.88. The number of nitrogens with one attached hydrogen (secondary N) is 1. The molecule has 19 heavy (non-hydrogen) atoms. The summed E-state index contributed by atoms with van der Waals surface area (Å²) >= 11 is 0. The van der Waals surface area contributed by atoms with Crippen molar-refractivity contribution in [1.29, 1.82) is 0 Å². The smallest absolute Gasteiger partial charge is 0.328 e. The van der Waals surface area contributed by atoms with Gasteiger partial charge in [0.25, 0.3) is 5.56 Å². The summed E-state index contributed by atoms with van der Waals surface area (Å²) in [6, 6.07) is -0.153. The lowest BCUT2D eigenvalue weighted by atomic mass is 9.98. The van der Waals surface area contributed by atoms with Crippen LogP contribution in [0.2, 0.25) is 0 Å². The van der Waals surface area contributed by atoms with Gasteiger partial charge in [-0.1, -0.05) is 6.92 Å². The van der Waals surface area contributed by atoms with Crippen LogP contribution in [0.25, 0.3) is 0 Å². The normalized spacial score (nSPS) is 40.2. The van der Waals surface area contributed by atoms with Gasteiger partial charge in [-0.2, -0.15) is 0 Å². The predicted molar refractivity (Wildman–Crippen MR) is 67.9 cm³/mol. The van der Waals surface area contributed by atoms with E-state index in [9.17, 15) is 19.8 Å². The number of fused-ring (bicyclic) bond motifs is 1. The molecule has 6 heteroatoms. The highest BCUT2D eigenvalue weighted by molar-refractivity contribution is 5.21. The summed E-state index contributed by atoms with van der Waals surface area (Å²) in [5.74, 6) is 0.279. The topological polar surface area (TPSA) is 95.3 Å². The van der Waals surface area contributed by atoms with Crippen LogP contribution in [0.15, 0.2) is 15.8 Å². The lowest BCUT2D eigenvalue weighted by Gasteiger charge is -2.19. The molecular formula is C13H18N2O4. The Hall–Kier alpha value is -1.40. The van der Waals surface area contributed by atoms with Gasteiger partial charge in [0, 0.05) is 23.2 Å². The van der Waals surface area contributed by atoms with Crippen LogP contribution in [0.4, 0.5) is 0 Å². The zero-order valence-electron chi connectivity index (χ0n) is 11.0. The Kier molecular flexibility index (Phi) is 2.53. The van der Waals surface area contributed by atoms with Crippen molar-refractivity contribution in [1.82, 2.24) is 9.55 Å². The highest BCUT2D eigenvalue weighted by Crippen LogP contribution is 2.71. The highest BCUT2D eigenvalue weighted by atomic mass is 16.3. The first-order valence-corrected chi connectivity index (χ1v) is 6.54. The number of H-pyrrole nitrogens is 1. The van der Waals surface area contributed by atoms with Gasteiger partial charge in [-0.3, -0.25) is 14.3 Å². The number of aliphatic hydroxyl groups is 2. The Labute approximate surface area is 109 Å². The maximum absolute atomic E-state index is 11.9. The fourth-order valence-electron chi connectivity index (χ4n) is 3.98. The molecule has 0 aromatic carbocycles. The fourth-order valence-corrected chi connectivity index (χ4v) is 3.98. The van der Waals surface area contributed by atoms with Crippen LogP contribution in [0.5, 0.6) is 0 Å². The van der Waals surface area contributed by atoms with Crippen LogP contribution in [0.3, 0.4) is 0 Å². The van der Waals surface area contributed by atoms with Gasteiger partial charge in [0.05, 0.1) is 12.7 Å². The van der Waals surface area contributed by atoms with E-state index in [2.05, 4.69) is 4.98 Å². The molecule has 0 saturated heterocycles. The van der Waals surface area contributed by atoms with Crippen molar-refractivity contribution >= 4 is 0 Å². The largest absolute Gasteiger partial charge is 0.396 e. The SMILES string of the molecule is Cc1cn([C@H]2C[C@H](O)[C@]3(CO)C2[C@@H]3C)c(=O)[nH]c1=O. The minimum Gasteiger partial charge on any atom is -0.396 e. The monoisotopic (exact) mass is 266 g/mol. The second kappa shape index (κ2) is 3.80. The molecule has 2 aliphatic rings. The summed E-state index contributed by atoms with van der Waals surface area (Å²) < 4.78 is 1.51. The molecule has 0 amide bonds. The first kappa shape index (κ1) is 12.6. The zero-order chi connectivity index (χ0) is 13.9. The molecule has 1 heterocycles. The van der Waals surface area contributed by atoms with Crippen molar-refractivity contribution in [2.75, 3.05) is 6.61 Å². The Morgan fingerprint density at radius 2 is 2.21 bits per heavy atom. The second-order valence-electron chi connectivity index (χ2n) is 5.88. The Bertz CT molecular complexity index is 634. The van der Waals surface area contributed by atoms with E-state index in [1.165, 1.54) is 4.57 Å². The van der Waals surface area contributed by atoms with E-state index in [-0.39, 0.29) is 30.0 Å². The van der Waals surface area contributed by atoms with Crippen molar-refractivity contribution in [2.45, 2.75) is 32.4 Å². The van der Waals surface area contributed by atoms with Crippen LogP contribution >= 0.6 is 0 Å². The maximum Gasteiger partial charge on any atom is 0.328 e. The highest BCUT2D eigenvalue weighted by Gasteiger charge is 2.72. The van der Waals surface area contributed by atoms with Crippen molar-refractivity contribution in [3.63, 3.8) is 0 Å². The van der Waals surface area contributed by atoms with Crippen molar-refractivity contribution in [2.24, 2.45) is 17.3 Å². The van der Waals surface area contributed by atoms with E-state index < -0.39 is 17.2 Å². The molecule has 1 aromatic rings. The quantitative estimate of drug-likeness (QED) is 0.666. The van der Waals surface area contributed by atoms with Crippen LogP contribution in [-0.4, -0.2) is 32.5 Å². The maximum atomic E-state index is 11.9. The van der Waals surface area contributed by atoms with Gasteiger partial charge in [-0.25, -0.2) is 4.79 Å². The van der Waals surface area contributed by atoms with E-state index in [1.54, 1.807) is 13.1 Å². The molecule has 3 rings (SSSR count). The van der Waals surface area contributed by atoms with Gasteiger partial charge in [0.2, 0.25) is 0 Å². The number of aromatic amines is 1. The molecule has 3 N–H and O–H groups in total. The first-order valence-electron chi connectivity index (χ1n) is 6.54. The molecule has 2 saturated carbocycles. The molecule has 1 aromatic heterocycles. The van der Waals surface area contributed by atoms with Crippen LogP contribution < -0.4 is 11.2 Å². The van der Waals surface area contributed by atoms with Crippen LogP contribution in [0.1, 0.15) is 24.9 Å². The van der Waals surface area contributed by atoms with Gasteiger partial charge >= 0.3 is 5.69 Å². The molecule has 2 fully saturated rings. The Morgan fingerprint density at radius 3 is 2.74 bits per heavy atom. The minimum atomic E-state index is -0.596. The third-order valence-corrected chi connectivity index (χ3v) is 5.17. The molecule has 6 nitrogen and oxygen atoms in total. The molecule has 1 unspecified atom stereocenters. The predicted octanol–water partition coefficient (Wildman–Crippen LogP) is -0.605. The summed E-state index contributed by atoms with van der Waals surface area (Å²) in [6.07, 6.45) is 1.40. The summed E-state index contributed by atoms with van der Waals surface area (Å²) in [4.78, 5) is 25.6. The van der Waals surface area contributed by atoms with Crippen LogP contribution in [-0.2, 0) is 0 Å². The van der Waals surface area contributed by atoms with E-state index in [1.807, 2.05) is 6.92 Å². The molecule has 0 aliphatic heterocycles. The molecular weight excluding hydrogens is 248 g/mol. The van der Waals surface area contributed by atoms with E-state index in [0.717, 1.165) is 0 Å². The van der Waals surface area contributed by atoms with Gasteiger partial charge in [0.15, 0.2) is 0 Å². The van der Waals surface area contributed by atoms with Gasteiger partial charge in [-0.15, -0.1) is 0 Å². The zero-order valence-corrected chi connectivity index (χ0v) is 11.0. The minimum absolute atomic E-state index is 0.0619. The van der Waals surface area contributed by atoms with Crippen molar-refractivity contribution in [3.8, 4) is 0 Å². The van der Waals surface area contributed by atoms with Crippen molar-refractivity contribution < 1.29 is 10.2 Å². The third-order valence-electron chi connectivity index (χ3n) is 5.17. The van der Waals surface area contributed by atoms with Crippen LogP contribution in [0, 0.1) is 24.2 Å². The standard InChI is InChI=1S/C13H18N2O4/c1-6-4-15(12(19)14-11(6)18)8-3-9(17)13(5-16)7(2)10(8)13/h4,7-10,16-17H,3,5H2,1-2H3,(H,14,18,19)/t7-,8-,9-,10?,13+/m0/s1. The van der Waals surface area contributed by atoms with Gasteiger partial charge in [0.1, 0.15) is 0 Å². The number of hydrogen-bond acceptors (Lipinski definition) is 4. The Morgan fingerprint density at radius 1 is 1.53 bits per heavy atom. The number of aryl methyl sites for hydroxylation is 1. The van der Waals surface area contributed by atoms with E-state index >= 15 is 0 Å². The van der Waals surface area contributed by atoms with E-state index in [4.69, 9.17) is 0 Å². The number of rotatable bonds is 2. The number of aliphatic hydroxyl groups excluding tert-OH is 2. The summed E-state index contributed by atoms with van der Waals surface area (Å²) in [6.45, 7) is 3.57. The number of nitrogens with zero attached hydrogens (tertiary/aromatic N) is 1. The van der Waals surface area contributed by atoms with Crippen molar-refractivity contribution in [3.05, 3.63) is 32.6 Å². The molecule has 0 radical (unpaired) electrons. The summed E-state index contributed by atoms with van der Waals surface area (Å²) in [5.41, 5.74) is -0.810. The molecule has 0 bridgehead atoms. The molecule has 0 spiro atoms. The summed E-state index contributed by atoms with van der Waals surface area (Å²) in [5, 5.41) is 19.7. The van der Waals surface area contributed by atoms with E-state index in [0.29, 0.717) is 12.0 Å². The van der Waals surface area contributed by atoms with Gasteiger partial charge in [-0.05, 0) is 25.2 Å². The summed E-state index contributed by atoms with van der Waals surface area (Å²) in [7, 11) is 0. The average molecular weight is 266 g/mol. The first-order chi connectivity index (χ1) is 8.93. The molecule has 5 atom stereocenters. The number of aromatic nitrogens is 2.